The monoisotopic (exact) mass is 394 g/mol. The number of aryl methyl sites for hydroxylation is 1. The first kappa shape index (κ1) is 19.4. The molecule has 0 aromatic carbocycles. The van der Waals surface area contributed by atoms with Gasteiger partial charge in [-0.15, -0.1) is 0 Å². The number of aromatic amines is 1. The summed E-state index contributed by atoms with van der Waals surface area (Å²) < 4.78 is 0. The number of amides is 2. The van der Waals surface area contributed by atoms with Crippen LogP contribution in [0.3, 0.4) is 0 Å². The number of nitrogens with one attached hydrogen (secondary N) is 1. The molecule has 1 atom stereocenters. The number of carbonyl (C=O) groups is 3. The normalized spacial score (nSPS) is 21.4. The molecule has 4 rings (SSSR count). The van der Waals surface area contributed by atoms with Gasteiger partial charge in [-0.25, -0.2) is 0 Å². The first-order valence-corrected chi connectivity index (χ1v) is 10.0. The summed E-state index contributed by atoms with van der Waals surface area (Å²) in [7, 11) is 0. The number of hydrogen-bond donors (Lipinski definition) is 1. The molecule has 2 aliphatic rings. The number of hydrogen-bond acceptors (Lipinski definition) is 4. The van der Waals surface area contributed by atoms with Gasteiger partial charge in [-0.2, -0.15) is 0 Å². The van der Waals surface area contributed by atoms with Crippen molar-refractivity contribution in [2.45, 2.75) is 40.2 Å². The molecule has 152 valence electrons. The Hall–Kier alpha value is -2.96. The quantitative estimate of drug-likeness (QED) is 0.808. The molecule has 7 nitrogen and oxygen atoms in total. The van der Waals surface area contributed by atoms with E-state index in [0.29, 0.717) is 55.1 Å². The van der Waals surface area contributed by atoms with E-state index in [1.54, 1.807) is 18.0 Å². The Morgan fingerprint density at radius 1 is 1.21 bits per heavy atom. The predicted octanol–water partition coefficient (Wildman–Crippen LogP) is 2.49. The van der Waals surface area contributed by atoms with E-state index < -0.39 is 5.41 Å². The van der Waals surface area contributed by atoms with Gasteiger partial charge in [0.25, 0.3) is 5.91 Å². The Labute approximate surface area is 170 Å². The van der Waals surface area contributed by atoms with Crippen LogP contribution in [-0.2, 0) is 11.3 Å². The fourth-order valence-electron chi connectivity index (χ4n) is 4.74. The first-order valence-electron chi connectivity index (χ1n) is 10.0. The number of ketones is 1. The molecule has 0 bridgehead atoms. The third-order valence-electron chi connectivity index (χ3n) is 6.32. The lowest BCUT2D eigenvalue weighted by Gasteiger charge is -2.24. The fourth-order valence-corrected chi connectivity index (χ4v) is 4.74. The molecule has 2 amide bonds. The van der Waals surface area contributed by atoms with E-state index in [-0.39, 0.29) is 17.6 Å². The number of carbonyl (C=O) groups excluding carboxylic acids is 3. The summed E-state index contributed by atoms with van der Waals surface area (Å²) in [5.74, 6) is -0.0688. The van der Waals surface area contributed by atoms with Crippen molar-refractivity contribution in [3.8, 4) is 0 Å². The lowest BCUT2D eigenvalue weighted by Crippen LogP contribution is -2.38. The van der Waals surface area contributed by atoms with Crippen LogP contribution in [0.5, 0.6) is 0 Å². The second kappa shape index (κ2) is 7.13. The van der Waals surface area contributed by atoms with Gasteiger partial charge < -0.3 is 14.8 Å². The van der Waals surface area contributed by atoms with Crippen LogP contribution in [0.25, 0.3) is 0 Å². The molecule has 1 N–H and O–H groups in total. The van der Waals surface area contributed by atoms with Crippen molar-refractivity contribution in [3.05, 3.63) is 52.6 Å². The number of H-pyrrole nitrogens is 1. The maximum atomic E-state index is 13.2. The van der Waals surface area contributed by atoms with Crippen LogP contribution >= 0.6 is 0 Å². The molecular weight excluding hydrogens is 368 g/mol. The van der Waals surface area contributed by atoms with Gasteiger partial charge in [0, 0.05) is 38.4 Å². The molecule has 2 aromatic heterocycles. The molecule has 4 heterocycles. The van der Waals surface area contributed by atoms with E-state index in [4.69, 9.17) is 0 Å². The summed E-state index contributed by atoms with van der Waals surface area (Å²) in [5, 5.41) is 0. The summed E-state index contributed by atoms with van der Waals surface area (Å²) in [6, 6.07) is 5.71. The molecular formula is C22H26N4O3. The molecule has 2 aromatic rings. The van der Waals surface area contributed by atoms with Crippen LogP contribution in [0.1, 0.15) is 57.6 Å². The van der Waals surface area contributed by atoms with Crippen LogP contribution < -0.4 is 0 Å². The van der Waals surface area contributed by atoms with Gasteiger partial charge in [0.05, 0.1) is 28.9 Å². The summed E-state index contributed by atoms with van der Waals surface area (Å²) in [5.41, 5.74) is 2.82. The smallest absolute Gasteiger partial charge is 0.255 e. The van der Waals surface area contributed by atoms with E-state index in [9.17, 15) is 14.4 Å². The molecule has 2 fully saturated rings. The summed E-state index contributed by atoms with van der Waals surface area (Å²) >= 11 is 0. The molecule has 2 saturated heterocycles. The minimum Gasteiger partial charge on any atom is -0.355 e. The van der Waals surface area contributed by atoms with Gasteiger partial charge in [-0.05, 0) is 44.4 Å². The van der Waals surface area contributed by atoms with Gasteiger partial charge in [-0.3, -0.25) is 19.4 Å². The highest BCUT2D eigenvalue weighted by Gasteiger charge is 2.51. The maximum absolute atomic E-state index is 13.2. The number of pyridine rings is 1. The zero-order valence-corrected chi connectivity index (χ0v) is 17.1. The Morgan fingerprint density at radius 3 is 2.62 bits per heavy atom. The van der Waals surface area contributed by atoms with E-state index >= 15 is 0 Å². The van der Waals surface area contributed by atoms with E-state index in [1.807, 2.05) is 30.0 Å². The van der Waals surface area contributed by atoms with Gasteiger partial charge >= 0.3 is 0 Å². The van der Waals surface area contributed by atoms with E-state index in [2.05, 4.69) is 9.97 Å². The lowest BCUT2D eigenvalue weighted by atomic mass is 9.85. The van der Waals surface area contributed by atoms with Crippen molar-refractivity contribution >= 4 is 17.6 Å². The van der Waals surface area contributed by atoms with Gasteiger partial charge in [0.1, 0.15) is 0 Å². The zero-order chi connectivity index (χ0) is 20.8. The maximum Gasteiger partial charge on any atom is 0.255 e. The molecule has 1 spiro atoms. The van der Waals surface area contributed by atoms with E-state index in [1.165, 1.54) is 6.92 Å². The number of likely N-dealkylation sites (tertiary alicyclic amines) is 2. The standard InChI is InChI=1S/C22H26N4O3/c1-14-18(15(2)24-19(14)16(3)27)20(28)26-11-8-22(13-26)7-10-25(21(22)29)12-17-6-4-5-9-23-17/h4-6,9,24H,7-8,10-13H2,1-3H3. The molecule has 0 aliphatic carbocycles. The molecule has 2 aliphatic heterocycles. The summed E-state index contributed by atoms with van der Waals surface area (Å²) in [6.45, 7) is 7.29. The van der Waals surface area contributed by atoms with E-state index in [0.717, 1.165) is 12.1 Å². The van der Waals surface area contributed by atoms with Crippen molar-refractivity contribution in [1.82, 2.24) is 19.8 Å². The van der Waals surface area contributed by atoms with Crippen LogP contribution in [0.15, 0.2) is 24.4 Å². The summed E-state index contributed by atoms with van der Waals surface area (Å²) in [6.07, 6.45) is 3.17. The van der Waals surface area contributed by atoms with Crippen LogP contribution in [0.2, 0.25) is 0 Å². The Balaban J connectivity index is 1.50. The number of nitrogens with zero attached hydrogens (tertiary/aromatic N) is 3. The Bertz CT molecular complexity index is 981. The van der Waals surface area contributed by atoms with Gasteiger partial charge in [-0.1, -0.05) is 6.07 Å². The second-order valence-electron chi connectivity index (χ2n) is 8.24. The highest BCUT2D eigenvalue weighted by molar-refractivity contribution is 6.03. The molecule has 1 unspecified atom stereocenters. The van der Waals surface area contributed by atoms with Crippen molar-refractivity contribution < 1.29 is 14.4 Å². The SMILES string of the molecule is CC(=O)c1[nH]c(C)c(C(=O)N2CCC3(CCN(Cc4ccccn4)C3=O)C2)c1C. The predicted molar refractivity (Wildman–Crippen MR) is 107 cm³/mol. The van der Waals surface area contributed by atoms with Crippen LogP contribution in [-0.4, -0.2) is 57.0 Å². The van der Waals surface area contributed by atoms with Crippen LogP contribution in [0.4, 0.5) is 0 Å². The minimum atomic E-state index is -0.494. The number of Topliss-reactive ketones (excluding diaryl/α,β-unsaturated/α-hetero) is 1. The van der Waals surface area contributed by atoms with Gasteiger partial charge in [0.2, 0.25) is 5.91 Å². The highest BCUT2D eigenvalue weighted by atomic mass is 16.2. The topological polar surface area (TPSA) is 86.4 Å². The second-order valence-corrected chi connectivity index (χ2v) is 8.24. The van der Waals surface area contributed by atoms with Crippen molar-refractivity contribution in [3.63, 3.8) is 0 Å². The third kappa shape index (κ3) is 3.24. The molecule has 0 radical (unpaired) electrons. The van der Waals surface area contributed by atoms with Crippen molar-refractivity contribution in [2.24, 2.45) is 5.41 Å². The zero-order valence-electron chi connectivity index (χ0n) is 17.1. The molecule has 29 heavy (non-hydrogen) atoms. The minimum absolute atomic E-state index is 0.0846. The lowest BCUT2D eigenvalue weighted by molar-refractivity contribution is -0.135. The third-order valence-corrected chi connectivity index (χ3v) is 6.32. The van der Waals surface area contributed by atoms with Crippen molar-refractivity contribution in [2.75, 3.05) is 19.6 Å². The largest absolute Gasteiger partial charge is 0.355 e. The number of aromatic nitrogens is 2. The first-order chi connectivity index (χ1) is 13.8. The highest BCUT2D eigenvalue weighted by Crippen LogP contribution is 2.41. The average molecular weight is 394 g/mol. The Morgan fingerprint density at radius 2 is 1.97 bits per heavy atom. The van der Waals surface area contributed by atoms with Crippen LogP contribution in [0, 0.1) is 19.3 Å². The number of rotatable bonds is 4. The molecule has 7 heteroatoms. The molecule has 0 saturated carbocycles. The Kier molecular flexibility index (Phi) is 4.76. The fraction of sp³-hybridized carbons (Fsp3) is 0.455. The average Bonchev–Trinajstić information content (AvgIpc) is 3.35. The van der Waals surface area contributed by atoms with Gasteiger partial charge in [0.15, 0.2) is 5.78 Å². The van der Waals surface area contributed by atoms with Crippen molar-refractivity contribution in [1.29, 1.82) is 0 Å². The summed E-state index contributed by atoms with van der Waals surface area (Å²) in [4.78, 5) is 49.2.